The van der Waals surface area contributed by atoms with E-state index in [1.165, 1.54) is 6.42 Å². The highest BCUT2D eigenvalue weighted by atomic mass is 16.5. The SMILES string of the molecule is COc1ccccc1C(C)(O)C1(C#N)CCCCCCC1. The molecule has 1 aromatic rings. The number of aliphatic hydroxyl groups is 1. The van der Waals surface area contributed by atoms with Gasteiger partial charge in [-0.1, -0.05) is 50.3 Å². The maximum absolute atomic E-state index is 11.3. The Labute approximate surface area is 127 Å². The summed E-state index contributed by atoms with van der Waals surface area (Å²) in [4.78, 5) is 0. The van der Waals surface area contributed by atoms with Crippen LogP contribution in [0.4, 0.5) is 0 Å². The molecule has 0 bridgehead atoms. The molecule has 1 aromatic carbocycles. The molecule has 1 aliphatic carbocycles. The van der Waals surface area contributed by atoms with Gasteiger partial charge in [0, 0.05) is 5.56 Å². The Morgan fingerprint density at radius 1 is 1.14 bits per heavy atom. The first-order valence-corrected chi connectivity index (χ1v) is 7.84. The molecular weight excluding hydrogens is 262 g/mol. The molecule has 1 saturated carbocycles. The van der Waals surface area contributed by atoms with Crippen LogP contribution >= 0.6 is 0 Å². The zero-order valence-electron chi connectivity index (χ0n) is 13.1. The third kappa shape index (κ3) is 2.91. The van der Waals surface area contributed by atoms with Crippen LogP contribution in [0.2, 0.25) is 0 Å². The number of hydrogen-bond donors (Lipinski definition) is 1. The minimum atomic E-state index is -1.20. The van der Waals surface area contributed by atoms with Crippen LogP contribution < -0.4 is 4.74 Å². The van der Waals surface area contributed by atoms with Crippen molar-refractivity contribution in [3.63, 3.8) is 0 Å². The Morgan fingerprint density at radius 3 is 2.29 bits per heavy atom. The lowest BCUT2D eigenvalue weighted by molar-refractivity contribution is -0.0596. The van der Waals surface area contributed by atoms with Crippen molar-refractivity contribution < 1.29 is 9.84 Å². The highest BCUT2D eigenvalue weighted by Crippen LogP contribution is 2.50. The molecule has 0 saturated heterocycles. The summed E-state index contributed by atoms with van der Waals surface area (Å²) in [5.41, 5.74) is -1.22. The third-order valence-electron chi connectivity index (χ3n) is 4.98. The van der Waals surface area contributed by atoms with Gasteiger partial charge >= 0.3 is 0 Å². The molecule has 2 rings (SSSR count). The van der Waals surface area contributed by atoms with E-state index < -0.39 is 11.0 Å². The van der Waals surface area contributed by atoms with Gasteiger partial charge in [-0.15, -0.1) is 0 Å². The predicted molar refractivity (Wildman–Crippen MR) is 82.9 cm³/mol. The maximum Gasteiger partial charge on any atom is 0.124 e. The summed E-state index contributed by atoms with van der Waals surface area (Å²) in [5.74, 6) is 0.652. The van der Waals surface area contributed by atoms with Crippen LogP contribution in [0.3, 0.4) is 0 Å². The second kappa shape index (κ2) is 6.49. The number of hydrogen-bond acceptors (Lipinski definition) is 3. The van der Waals surface area contributed by atoms with Gasteiger partial charge in [-0.05, 0) is 25.8 Å². The average molecular weight is 287 g/mol. The summed E-state index contributed by atoms with van der Waals surface area (Å²) in [7, 11) is 1.60. The van der Waals surface area contributed by atoms with Crippen molar-refractivity contribution in [2.45, 2.75) is 57.5 Å². The molecule has 1 atom stereocenters. The zero-order chi connectivity index (χ0) is 15.3. The van der Waals surface area contributed by atoms with E-state index in [9.17, 15) is 10.4 Å². The number of nitriles is 1. The quantitative estimate of drug-likeness (QED) is 0.908. The van der Waals surface area contributed by atoms with Crippen LogP contribution in [0, 0.1) is 16.7 Å². The van der Waals surface area contributed by atoms with Crippen LogP contribution in [0.15, 0.2) is 24.3 Å². The molecule has 1 aliphatic rings. The Balaban J connectivity index is 2.44. The number of ether oxygens (including phenoxy) is 1. The molecule has 0 radical (unpaired) electrons. The molecule has 1 unspecified atom stereocenters. The Bertz CT molecular complexity index is 508. The fourth-order valence-electron chi connectivity index (χ4n) is 3.52. The smallest absolute Gasteiger partial charge is 0.124 e. The maximum atomic E-state index is 11.3. The van der Waals surface area contributed by atoms with E-state index in [0.29, 0.717) is 5.75 Å². The highest BCUT2D eigenvalue weighted by Gasteiger charge is 2.49. The number of para-hydroxylation sites is 1. The van der Waals surface area contributed by atoms with Gasteiger partial charge in [0.2, 0.25) is 0 Å². The predicted octanol–water partition coefficient (Wildman–Crippen LogP) is 4.16. The second-order valence-electron chi connectivity index (χ2n) is 6.23. The summed E-state index contributed by atoms with van der Waals surface area (Å²) in [6.45, 7) is 1.77. The average Bonchev–Trinajstić information content (AvgIpc) is 2.47. The van der Waals surface area contributed by atoms with Crippen molar-refractivity contribution in [3.05, 3.63) is 29.8 Å². The Hall–Kier alpha value is -1.53. The number of methoxy groups -OCH3 is 1. The molecule has 1 N–H and O–H groups in total. The third-order valence-corrected chi connectivity index (χ3v) is 4.98. The number of nitrogens with zero attached hydrogens (tertiary/aromatic N) is 1. The molecule has 3 heteroatoms. The lowest BCUT2D eigenvalue weighted by Gasteiger charge is -2.42. The molecular formula is C18H25NO2. The molecule has 0 aromatic heterocycles. The fourth-order valence-corrected chi connectivity index (χ4v) is 3.52. The Kier molecular flexibility index (Phi) is 4.90. The fraction of sp³-hybridized carbons (Fsp3) is 0.611. The van der Waals surface area contributed by atoms with Crippen molar-refractivity contribution in [2.24, 2.45) is 5.41 Å². The van der Waals surface area contributed by atoms with Crippen LogP contribution in [-0.4, -0.2) is 12.2 Å². The number of rotatable bonds is 3. The van der Waals surface area contributed by atoms with Gasteiger partial charge in [0.05, 0.1) is 18.6 Å². The molecule has 0 heterocycles. The molecule has 114 valence electrons. The summed E-state index contributed by atoms with van der Waals surface area (Å²) in [6, 6.07) is 9.96. The van der Waals surface area contributed by atoms with Crippen LogP contribution in [0.5, 0.6) is 5.75 Å². The van der Waals surface area contributed by atoms with E-state index in [0.717, 1.165) is 44.1 Å². The van der Waals surface area contributed by atoms with Crippen LogP contribution in [-0.2, 0) is 5.60 Å². The van der Waals surface area contributed by atoms with Crippen molar-refractivity contribution in [1.82, 2.24) is 0 Å². The lowest BCUT2D eigenvalue weighted by atomic mass is 9.64. The lowest BCUT2D eigenvalue weighted by Crippen LogP contribution is -2.43. The summed E-state index contributed by atoms with van der Waals surface area (Å²) >= 11 is 0. The molecule has 0 aliphatic heterocycles. The second-order valence-corrected chi connectivity index (χ2v) is 6.23. The van der Waals surface area contributed by atoms with Crippen molar-refractivity contribution in [2.75, 3.05) is 7.11 Å². The molecule has 0 amide bonds. The van der Waals surface area contributed by atoms with Gasteiger partial charge in [0.25, 0.3) is 0 Å². The van der Waals surface area contributed by atoms with Gasteiger partial charge in [-0.25, -0.2) is 0 Å². The van der Waals surface area contributed by atoms with Crippen molar-refractivity contribution in [3.8, 4) is 11.8 Å². The largest absolute Gasteiger partial charge is 0.496 e. The van der Waals surface area contributed by atoms with E-state index in [1.807, 2.05) is 24.3 Å². The Morgan fingerprint density at radius 2 is 1.71 bits per heavy atom. The topological polar surface area (TPSA) is 53.2 Å². The molecule has 1 fully saturated rings. The first-order chi connectivity index (χ1) is 10.1. The first-order valence-electron chi connectivity index (χ1n) is 7.84. The number of benzene rings is 1. The standard InChI is InChI=1S/C18H25NO2/c1-17(20,15-10-6-7-11-16(15)21-2)18(14-19)12-8-4-3-5-9-13-18/h6-7,10-11,20H,3-5,8-9,12-13H2,1-2H3. The van der Waals surface area contributed by atoms with Gasteiger partial charge in [0.15, 0.2) is 0 Å². The molecule has 0 spiro atoms. The van der Waals surface area contributed by atoms with Gasteiger partial charge in [-0.2, -0.15) is 5.26 Å². The normalized spacial score (nSPS) is 21.4. The summed E-state index contributed by atoms with van der Waals surface area (Å²) < 4.78 is 5.40. The summed E-state index contributed by atoms with van der Waals surface area (Å²) in [6.07, 6.45) is 7.01. The molecule has 3 nitrogen and oxygen atoms in total. The minimum Gasteiger partial charge on any atom is -0.496 e. The van der Waals surface area contributed by atoms with Crippen LogP contribution in [0.25, 0.3) is 0 Å². The van der Waals surface area contributed by atoms with E-state index in [1.54, 1.807) is 14.0 Å². The van der Waals surface area contributed by atoms with Gasteiger partial charge < -0.3 is 9.84 Å². The van der Waals surface area contributed by atoms with E-state index in [4.69, 9.17) is 4.74 Å². The van der Waals surface area contributed by atoms with E-state index >= 15 is 0 Å². The first kappa shape index (κ1) is 15.9. The van der Waals surface area contributed by atoms with E-state index in [2.05, 4.69) is 6.07 Å². The molecule has 21 heavy (non-hydrogen) atoms. The van der Waals surface area contributed by atoms with Gasteiger partial charge in [0.1, 0.15) is 11.4 Å². The monoisotopic (exact) mass is 287 g/mol. The highest BCUT2D eigenvalue weighted by molar-refractivity contribution is 5.40. The van der Waals surface area contributed by atoms with Gasteiger partial charge in [-0.3, -0.25) is 0 Å². The van der Waals surface area contributed by atoms with E-state index in [-0.39, 0.29) is 0 Å². The van der Waals surface area contributed by atoms with Crippen LogP contribution in [0.1, 0.15) is 57.4 Å². The summed E-state index contributed by atoms with van der Waals surface area (Å²) in [5, 5.41) is 21.2. The van der Waals surface area contributed by atoms with Crippen molar-refractivity contribution in [1.29, 1.82) is 5.26 Å². The zero-order valence-corrected chi connectivity index (χ0v) is 13.1. The van der Waals surface area contributed by atoms with Crippen molar-refractivity contribution >= 4 is 0 Å². The minimum absolute atomic E-state index is 0.652.